The van der Waals surface area contributed by atoms with Crippen LogP contribution in [0, 0.1) is 6.92 Å². The molecule has 3 N–H and O–H groups in total. The van der Waals surface area contributed by atoms with Crippen molar-refractivity contribution < 1.29 is 28.0 Å². The van der Waals surface area contributed by atoms with E-state index in [-0.39, 0.29) is 13.2 Å². The predicted molar refractivity (Wildman–Crippen MR) is 130 cm³/mol. The average molecular weight is 484 g/mol. The van der Waals surface area contributed by atoms with E-state index < -0.39 is 13.4 Å². The maximum Gasteiger partial charge on any atom is 0.472 e. The molecule has 0 aromatic heterocycles. The lowest BCUT2D eigenvalue weighted by Gasteiger charge is -2.34. The summed E-state index contributed by atoms with van der Waals surface area (Å²) in [5.41, 5.74) is 8.92. The molecule has 0 radical (unpaired) electrons. The van der Waals surface area contributed by atoms with Crippen LogP contribution in [0.2, 0.25) is 0 Å². The van der Waals surface area contributed by atoms with E-state index in [1.54, 1.807) is 0 Å². The highest BCUT2D eigenvalue weighted by Crippen LogP contribution is 2.48. The molecule has 0 aliphatic carbocycles. The third kappa shape index (κ3) is 6.92. The lowest BCUT2D eigenvalue weighted by molar-refractivity contribution is 0.0362. The number of benzene rings is 3. The van der Waals surface area contributed by atoms with Gasteiger partial charge in [-0.3, -0.25) is 9.05 Å². The molecule has 3 aromatic carbocycles. The topological polar surface area (TPSA) is 100 Å². The summed E-state index contributed by atoms with van der Waals surface area (Å²) in [6, 6.07) is 23.7. The maximum atomic E-state index is 11.4. The highest BCUT2D eigenvalue weighted by molar-refractivity contribution is 7.47. The molecule has 0 atom stereocenters. The van der Waals surface area contributed by atoms with E-state index in [0.29, 0.717) is 18.8 Å². The van der Waals surface area contributed by atoms with Crippen molar-refractivity contribution >= 4 is 7.82 Å². The van der Waals surface area contributed by atoms with Gasteiger partial charge in [0, 0.05) is 6.07 Å². The van der Waals surface area contributed by atoms with Crippen molar-refractivity contribution in [1.82, 2.24) is 0 Å². The minimum Gasteiger partial charge on any atom is -0.489 e. The van der Waals surface area contributed by atoms with Crippen molar-refractivity contribution in [2.24, 2.45) is 5.73 Å². The van der Waals surface area contributed by atoms with Crippen LogP contribution in [-0.2, 0) is 26.6 Å². The number of phosphoric ester groups is 1. The first-order valence-corrected chi connectivity index (χ1v) is 12.7. The number of nitrogens with two attached hydrogens (primary N) is 1. The number of hydrogen-bond acceptors (Lipinski definition) is 6. The van der Waals surface area contributed by atoms with Crippen LogP contribution >= 0.6 is 7.82 Å². The Balaban J connectivity index is 1.29. The summed E-state index contributed by atoms with van der Waals surface area (Å²) in [6.07, 6.45) is 2.26. The van der Waals surface area contributed by atoms with Gasteiger partial charge in [-0.15, -0.1) is 0 Å². The van der Waals surface area contributed by atoms with Gasteiger partial charge in [-0.1, -0.05) is 42.5 Å². The summed E-state index contributed by atoms with van der Waals surface area (Å²) in [4.78, 5) is 9.30. The molecule has 7 nitrogen and oxygen atoms in total. The third-order valence-corrected chi connectivity index (χ3v) is 6.67. The normalized spacial score (nSPS) is 22.3. The molecule has 0 saturated carbocycles. The molecule has 1 aliphatic rings. The number of phosphoric acid groups is 1. The zero-order valence-corrected chi connectivity index (χ0v) is 20.1. The standard InChI is InChI=1S/C26H30NO6P/c1-20-15-25(13-12-22(20)9-6-14-26(27)18-31-34(28,29)32-19-26)33-24-11-5-10-23(16-24)30-17-21-7-3-2-4-8-21/h2-5,7-8,10-13,15-16H,6,9,14,17-19,27H2,1H3,(H,28,29). The molecule has 180 valence electrons. The molecule has 0 unspecified atom stereocenters. The molecule has 0 amide bonds. The summed E-state index contributed by atoms with van der Waals surface area (Å²) in [6.45, 7) is 2.58. The summed E-state index contributed by atoms with van der Waals surface area (Å²) in [5, 5.41) is 0. The van der Waals surface area contributed by atoms with Gasteiger partial charge < -0.3 is 20.1 Å². The smallest absolute Gasteiger partial charge is 0.472 e. The van der Waals surface area contributed by atoms with Crippen molar-refractivity contribution in [2.45, 2.75) is 38.3 Å². The molecule has 3 aromatic rings. The van der Waals surface area contributed by atoms with Crippen molar-refractivity contribution in [3.8, 4) is 17.2 Å². The average Bonchev–Trinajstić information content (AvgIpc) is 2.82. The van der Waals surface area contributed by atoms with Gasteiger partial charge in [0.25, 0.3) is 0 Å². The highest BCUT2D eigenvalue weighted by atomic mass is 31.2. The molecule has 8 heteroatoms. The number of rotatable bonds is 9. The van der Waals surface area contributed by atoms with E-state index in [4.69, 9.17) is 24.3 Å². The summed E-state index contributed by atoms with van der Waals surface area (Å²) < 4.78 is 33.0. The fourth-order valence-electron chi connectivity index (χ4n) is 3.79. The van der Waals surface area contributed by atoms with Crippen LogP contribution in [0.4, 0.5) is 0 Å². The second-order valence-electron chi connectivity index (χ2n) is 8.67. The predicted octanol–water partition coefficient (Wildman–Crippen LogP) is 5.53. The Bertz CT molecular complexity index is 1140. The van der Waals surface area contributed by atoms with E-state index in [1.807, 2.05) is 66.7 Å². The largest absolute Gasteiger partial charge is 0.489 e. The van der Waals surface area contributed by atoms with Gasteiger partial charge in [0.05, 0.1) is 18.8 Å². The first kappa shape index (κ1) is 24.5. The first-order valence-electron chi connectivity index (χ1n) is 11.3. The van der Waals surface area contributed by atoms with Gasteiger partial charge in [0.15, 0.2) is 0 Å². The van der Waals surface area contributed by atoms with Gasteiger partial charge in [0.1, 0.15) is 23.9 Å². The summed E-state index contributed by atoms with van der Waals surface area (Å²) >= 11 is 0. The van der Waals surface area contributed by atoms with Crippen molar-refractivity contribution in [2.75, 3.05) is 13.2 Å². The van der Waals surface area contributed by atoms with Crippen LogP contribution in [0.3, 0.4) is 0 Å². The Hall–Kier alpha value is -2.67. The van der Waals surface area contributed by atoms with Crippen LogP contribution in [0.1, 0.15) is 29.5 Å². The van der Waals surface area contributed by atoms with Crippen LogP contribution < -0.4 is 15.2 Å². The molecule has 34 heavy (non-hydrogen) atoms. The molecule has 1 heterocycles. The maximum absolute atomic E-state index is 11.4. The Morgan fingerprint density at radius 1 is 0.971 bits per heavy atom. The minimum absolute atomic E-state index is 0.0145. The van der Waals surface area contributed by atoms with Crippen LogP contribution in [0.25, 0.3) is 0 Å². The number of aryl methyl sites for hydroxylation is 2. The number of ether oxygens (including phenoxy) is 2. The first-order chi connectivity index (χ1) is 16.3. The Morgan fingerprint density at radius 2 is 1.68 bits per heavy atom. The van der Waals surface area contributed by atoms with Gasteiger partial charge in [-0.2, -0.15) is 0 Å². The van der Waals surface area contributed by atoms with E-state index in [0.717, 1.165) is 35.5 Å². The molecule has 1 saturated heterocycles. The van der Waals surface area contributed by atoms with Gasteiger partial charge in [-0.25, -0.2) is 4.57 Å². The second kappa shape index (κ2) is 10.7. The van der Waals surface area contributed by atoms with Crippen LogP contribution in [0.5, 0.6) is 17.2 Å². The van der Waals surface area contributed by atoms with Crippen molar-refractivity contribution in [3.63, 3.8) is 0 Å². The molecular formula is C26H30NO6P. The van der Waals surface area contributed by atoms with Crippen molar-refractivity contribution in [1.29, 1.82) is 0 Å². The Labute approximate surface area is 200 Å². The zero-order chi connectivity index (χ0) is 24.0. The van der Waals surface area contributed by atoms with Gasteiger partial charge >= 0.3 is 7.82 Å². The third-order valence-electron chi connectivity index (χ3n) is 5.75. The molecule has 1 fully saturated rings. The second-order valence-corrected chi connectivity index (χ2v) is 10.1. The molecule has 1 aliphatic heterocycles. The zero-order valence-electron chi connectivity index (χ0n) is 19.2. The summed E-state index contributed by atoms with van der Waals surface area (Å²) in [5.74, 6) is 2.21. The van der Waals surface area contributed by atoms with E-state index in [2.05, 4.69) is 13.0 Å². The lowest BCUT2D eigenvalue weighted by Crippen LogP contribution is -2.50. The Morgan fingerprint density at radius 3 is 2.41 bits per heavy atom. The monoisotopic (exact) mass is 483 g/mol. The van der Waals surface area contributed by atoms with Gasteiger partial charge in [0.2, 0.25) is 0 Å². The summed E-state index contributed by atoms with van der Waals surface area (Å²) in [7, 11) is -3.92. The SMILES string of the molecule is Cc1cc(Oc2cccc(OCc3ccccc3)c2)ccc1CCCC1(N)COP(=O)(O)OC1. The number of hydrogen-bond donors (Lipinski definition) is 2. The quantitative estimate of drug-likeness (QED) is 0.386. The van der Waals surface area contributed by atoms with E-state index in [1.165, 1.54) is 5.56 Å². The molecule has 0 bridgehead atoms. The van der Waals surface area contributed by atoms with Crippen molar-refractivity contribution in [3.05, 3.63) is 89.5 Å². The fraction of sp³-hybridized carbons (Fsp3) is 0.308. The van der Waals surface area contributed by atoms with Crippen LogP contribution in [-0.4, -0.2) is 23.6 Å². The highest BCUT2D eigenvalue weighted by Gasteiger charge is 2.38. The fourth-order valence-corrected chi connectivity index (χ4v) is 4.71. The van der Waals surface area contributed by atoms with E-state index in [9.17, 15) is 9.46 Å². The van der Waals surface area contributed by atoms with Crippen LogP contribution in [0.15, 0.2) is 72.8 Å². The minimum atomic E-state index is -3.92. The van der Waals surface area contributed by atoms with E-state index >= 15 is 0 Å². The lowest BCUT2D eigenvalue weighted by atomic mass is 9.93. The van der Waals surface area contributed by atoms with Gasteiger partial charge in [-0.05, 0) is 67.1 Å². The molecular weight excluding hydrogens is 453 g/mol. The molecule has 4 rings (SSSR count). The Kier molecular flexibility index (Phi) is 7.71. The molecule has 0 spiro atoms.